The van der Waals surface area contributed by atoms with Crippen molar-refractivity contribution in [3.8, 4) is 0 Å². The molecule has 82 valence electrons. The van der Waals surface area contributed by atoms with E-state index in [0.717, 1.165) is 19.3 Å². The van der Waals surface area contributed by atoms with Crippen LogP contribution in [0.2, 0.25) is 0 Å². The molecular weight excluding hydrogens is 176 g/mol. The number of ether oxygens (including phenoxy) is 1. The molecule has 0 aromatic heterocycles. The fraction of sp³-hybridized carbons (Fsp3) is 1.00. The van der Waals surface area contributed by atoms with E-state index < -0.39 is 0 Å². The van der Waals surface area contributed by atoms with Crippen molar-refractivity contribution in [2.75, 3.05) is 26.8 Å². The number of hydrogen-bond acceptors (Lipinski definition) is 3. The zero-order valence-electron chi connectivity index (χ0n) is 9.33. The van der Waals surface area contributed by atoms with Crippen LogP contribution in [0.3, 0.4) is 0 Å². The van der Waals surface area contributed by atoms with Gasteiger partial charge < -0.3 is 15.0 Å². The van der Waals surface area contributed by atoms with Crippen LogP contribution in [0.5, 0.6) is 0 Å². The third-order valence-electron chi connectivity index (χ3n) is 3.52. The lowest BCUT2D eigenvalue weighted by Gasteiger charge is -2.26. The van der Waals surface area contributed by atoms with E-state index in [2.05, 4.69) is 24.2 Å². The van der Waals surface area contributed by atoms with Gasteiger partial charge in [-0.05, 0) is 33.2 Å². The molecule has 2 aliphatic rings. The van der Waals surface area contributed by atoms with E-state index in [-0.39, 0.29) is 0 Å². The smallest absolute Gasteiger partial charge is 0.0619 e. The summed E-state index contributed by atoms with van der Waals surface area (Å²) >= 11 is 0. The summed E-state index contributed by atoms with van der Waals surface area (Å²) in [4.78, 5) is 2.43. The Balaban J connectivity index is 1.74. The highest BCUT2D eigenvalue weighted by atomic mass is 16.5. The lowest BCUT2D eigenvalue weighted by atomic mass is 10.1. The number of nitrogens with zero attached hydrogens (tertiary/aromatic N) is 1. The number of hydrogen-bond donors (Lipinski definition) is 1. The lowest BCUT2D eigenvalue weighted by Crippen LogP contribution is -2.44. The molecule has 2 aliphatic heterocycles. The van der Waals surface area contributed by atoms with Gasteiger partial charge in [0.2, 0.25) is 0 Å². The Kier molecular flexibility index (Phi) is 3.42. The van der Waals surface area contributed by atoms with Gasteiger partial charge in [-0.15, -0.1) is 0 Å². The second kappa shape index (κ2) is 4.60. The average Bonchev–Trinajstić information content (AvgIpc) is 2.47. The maximum absolute atomic E-state index is 5.47. The van der Waals surface area contributed by atoms with Gasteiger partial charge in [0.1, 0.15) is 0 Å². The van der Waals surface area contributed by atoms with Crippen LogP contribution in [0, 0.1) is 0 Å². The average molecular weight is 198 g/mol. The van der Waals surface area contributed by atoms with E-state index in [1.807, 2.05) is 0 Å². The fourth-order valence-electron chi connectivity index (χ4n) is 2.52. The van der Waals surface area contributed by atoms with Crippen molar-refractivity contribution in [3.05, 3.63) is 0 Å². The van der Waals surface area contributed by atoms with Gasteiger partial charge in [0.05, 0.1) is 6.61 Å². The molecule has 0 spiro atoms. The lowest BCUT2D eigenvalue weighted by molar-refractivity contribution is 0.0667. The van der Waals surface area contributed by atoms with Crippen molar-refractivity contribution in [2.24, 2.45) is 0 Å². The van der Waals surface area contributed by atoms with Gasteiger partial charge in [0.25, 0.3) is 0 Å². The quantitative estimate of drug-likeness (QED) is 0.712. The molecular formula is C11H22N2O. The molecule has 1 N–H and O–H groups in total. The normalized spacial score (nSPS) is 40.3. The van der Waals surface area contributed by atoms with Crippen LogP contribution < -0.4 is 5.32 Å². The molecule has 14 heavy (non-hydrogen) atoms. The summed E-state index contributed by atoms with van der Waals surface area (Å²) in [5, 5.41) is 3.71. The Morgan fingerprint density at radius 2 is 2.21 bits per heavy atom. The third-order valence-corrected chi connectivity index (χ3v) is 3.52. The van der Waals surface area contributed by atoms with Gasteiger partial charge in [0.15, 0.2) is 0 Å². The Morgan fingerprint density at radius 3 is 2.79 bits per heavy atom. The van der Waals surface area contributed by atoms with E-state index in [0.29, 0.717) is 12.1 Å². The molecule has 3 atom stereocenters. The minimum atomic E-state index is 0.604. The Labute approximate surface area is 86.8 Å². The summed E-state index contributed by atoms with van der Waals surface area (Å²) in [6.07, 6.45) is 3.79. The van der Waals surface area contributed by atoms with Crippen LogP contribution in [0.4, 0.5) is 0 Å². The highest BCUT2D eigenvalue weighted by molar-refractivity contribution is 4.87. The van der Waals surface area contributed by atoms with Crippen molar-refractivity contribution >= 4 is 0 Å². The van der Waals surface area contributed by atoms with Crippen LogP contribution in [0.1, 0.15) is 26.2 Å². The van der Waals surface area contributed by atoms with Gasteiger partial charge in [-0.2, -0.15) is 0 Å². The number of rotatable bonds is 2. The Hall–Kier alpha value is -0.120. The zero-order chi connectivity index (χ0) is 9.97. The predicted molar refractivity (Wildman–Crippen MR) is 57.5 cm³/mol. The van der Waals surface area contributed by atoms with E-state index in [1.54, 1.807) is 0 Å². The summed E-state index contributed by atoms with van der Waals surface area (Å²) in [5.74, 6) is 0. The Morgan fingerprint density at radius 1 is 1.36 bits per heavy atom. The van der Waals surface area contributed by atoms with Crippen LogP contribution in [0.25, 0.3) is 0 Å². The molecule has 2 rings (SSSR count). The standard InChI is InChI=1S/C11H22N2O/c1-9-6-11(7-13(9)2)12-10-4-3-5-14-8-10/h9-12H,3-8H2,1-2H3/t9?,10-,11?/m1/s1. The van der Waals surface area contributed by atoms with Gasteiger partial charge in [-0.25, -0.2) is 0 Å². The van der Waals surface area contributed by atoms with Gasteiger partial charge >= 0.3 is 0 Å². The minimum Gasteiger partial charge on any atom is -0.380 e. The fourth-order valence-corrected chi connectivity index (χ4v) is 2.52. The van der Waals surface area contributed by atoms with Crippen molar-refractivity contribution in [2.45, 2.75) is 44.3 Å². The SMILES string of the molecule is CC1CC(N[C@@H]2CCCOC2)CN1C. The number of likely N-dealkylation sites (N-methyl/N-ethyl adjacent to an activating group) is 1. The molecule has 0 saturated carbocycles. The molecule has 3 heteroatoms. The number of likely N-dealkylation sites (tertiary alicyclic amines) is 1. The van der Waals surface area contributed by atoms with Crippen molar-refractivity contribution in [1.29, 1.82) is 0 Å². The molecule has 0 radical (unpaired) electrons. The molecule has 0 aliphatic carbocycles. The molecule has 2 fully saturated rings. The predicted octanol–water partition coefficient (Wildman–Crippen LogP) is 0.848. The molecule has 3 nitrogen and oxygen atoms in total. The van der Waals surface area contributed by atoms with E-state index >= 15 is 0 Å². The second-order valence-corrected chi connectivity index (χ2v) is 4.80. The molecule has 0 aromatic rings. The first-order valence-corrected chi connectivity index (χ1v) is 5.79. The Bertz CT molecular complexity index is 170. The van der Waals surface area contributed by atoms with Crippen molar-refractivity contribution in [3.63, 3.8) is 0 Å². The van der Waals surface area contributed by atoms with Crippen LogP contribution >= 0.6 is 0 Å². The largest absolute Gasteiger partial charge is 0.380 e. The monoisotopic (exact) mass is 198 g/mol. The first-order valence-electron chi connectivity index (χ1n) is 5.79. The number of nitrogens with one attached hydrogen (secondary N) is 1. The summed E-state index contributed by atoms with van der Waals surface area (Å²) in [6, 6.07) is 2.02. The van der Waals surface area contributed by atoms with Crippen LogP contribution in [-0.2, 0) is 4.74 Å². The van der Waals surface area contributed by atoms with Crippen molar-refractivity contribution in [1.82, 2.24) is 10.2 Å². The zero-order valence-corrected chi connectivity index (χ0v) is 9.33. The molecule has 2 unspecified atom stereocenters. The van der Waals surface area contributed by atoms with Crippen molar-refractivity contribution < 1.29 is 4.74 Å². The van der Waals surface area contributed by atoms with Gasteiger partial charge in [0, 0.05) is 31.3 Å². The molecule has 0 aromatic carbocycles. The highest BCUT2D eigenvalue weighted by Crippen LogP contribution is 2.17. The second-order valence-electron chi connectivity index (χ2n) is 4.80. The minimum absolute atomic E-state index is 0.604. The summed E-state index contributed by atoms with van der Waals surface area (Å²) in [5.41, 5.74) is 0. The van der Waals surface area contributed by atoms with E-state index in [1.165, 1.54) is 25.8 Å². The maximum atomic E-state index is 5.47. The topological polar surface area (TPSA) is 24.5 Å². The highest BCUT2D eigenvalue weighted by Gasteiger charge is 2.28. The summed E-state index contributed by atoms with van der Waals surface area (Å²) in [7, 11) is 2.21. The van der Waals surface area contributed by atoms with Crippen LogP contribution in [0.15, 0.2) is 0 Å². The summed E-state index contributed by atoms with van der Waals surface area (Å²) in [6.45, 7) is 5.37. The van der Waals surface area contributed by atoms with E-state index in [4.69, 9.17) is 4.74 Å². The first kappa shape index (κ1) is 10.4. The molecule has 2 heterocycles. The van der Waals surface area contributed by atoms with Crippen LogP contribution in [-0.4, -0.2) is 49.8 Å². The molecule has 0 amide bonds. The van der Waals surface area contributed by atoms with Gasteiger partial charge in [-0.1, -0.05) is 0 Å². The van der Waals surface area contributed by atoms with Gasteiger partial charge in [-0.3, -0.25) is 0 Å². The maximum Gasteiger partial charge on any atom is 0.0619 e. The summed E-state index contributed by atoms with van der Waals surface area (Å²) < 4.78 is 5.47. The molecule has 2 saturated heterocycles. The first-order chi connectivity index (χ1) is 6.75. The third kappa shape index (κ3) is 2.47. The van der Waals surface area contributed by atoms with E-state index in [9.17, 15) is 0 Å². The molecule has 0 bridgehead atoms.